The highest BCUT2D eigenvalue weighted by Crippen LogP contribution is 2.24. The summed E-state index contributed by atoms with van der Waals surface area (Å²) in [5.41, 5.74) is 11.1. The molecule has 0 unspecified atom stereocenters. The van der Waals surface area contributed by atoms with E-state index in [1.54, 1.807) is 0 Å². The number of aldehydes is 1. The Kier molecular flexibility index (Phi) is 14.2. The Hall–Kier alpha value is -3.65. The number of ether oxygens (including phenoxy) is 1. The van der Waals surface area contributed by atoms with Crippen LogP contribution in [-0.4, -0.2) is 54.5 Å². The molecule has 1 amide bonds. The molecule has 0 saturated carbocycles. The highest BCUT2D eigenvalue weighted by molar-refractivity contribution is 5.71. The number of amides is 1. The van der Waals surface area contributed by atoms with Crippen molar-refractivity contribution in [2.45, 2.75) is 40.2 Å². The second kappa shape index (κ2) is 16.9. The molecule has 2 aromatic carbocycles. The standard InChI is InChI=1S/C20H24N4.C4H7NO3.C3H8/c1-3-12-24(2)14-20-22-13-19(23-20)17-6-4-15(5-7-17)16-8-10-18(21)11-9-16;1-8-4(7)5-2-3-6;1-3-2/h4-11,13H,3,12,14,21H2,1-2H3,(H,22,23);3H,2H2,1H3,(H,5,7);3H2,1-2H3. The van der Waals surface area contributed by atoms with Gasteiger partial charge in [-0.25, -0.2) is 9.78 Å². The average molecular weight is 482 g/mol. The summed E-state index contributed by atoms with van der Waals surface area (Å²) >= 11 is 0. The van der Waals surface area contributed by atoms with E-state index in [1.807, 2.05) is 30.5 Å². The van der Waals surface area contributed by atoms with Gasteiger partial charge in [-0.3, -0.25) is 4.90 Å². The quantitative estimate of drug-likeness (QED) is 0.304. The monoisotopic (exact) mass is 481 g/mol. The molecular weight excluding hydrogens is 442 g/mol. The van der Waals surface area contributed by atoms with Crippen LogP contribution in [0.1, 0.15) is 39.4 Å². The van der Waals surface area contributed by atoms with Crippen molar-refractivity contribution >= 4 is 18.1 Å². The molecule has 0 aliphatic carbocycles. The molecule has 0 bridgehead atoms. The number of H-pyrrole nitrogens is 1. The molecule has 0 aliphatic heterocycles. The van der Waals surface area contributed by atoms with Crippen molar-refractivity contribution < 1.29 is 14.3 Å². The fraction of sp³-hybridized carbons (Fsp3) is 0.370. The number of nitrogens with zero attached hydrogens (tertiary/aromatic N) is 2. The first kappa shape index (κ1) is 29.4. The summed E-state index contributed by atoms with van der Waals surface area (Å²) < 4.78 is 4.14. The van der Waals surface area contributed by atoms with E-state index in [4.69, 9.17) is 5.73 Å². The van der Waals surface area contributed by atoms with Crippen LogP contribution >= 0.6 is 0 Å². The van der Waals surface area contributed by atoms with Crippen LogP contribution in [0.2, 0.25) is 0 Å². The van der Waals surface area contributed by atoms with E-state index in [1.165, 1.54) is 24.7 Å². The van der Waals surface area contributed by atoms with Crippen molar-refractivity contribution in [1.29, 1.82) is 0 Å². The first-order valence-corrected chi connectivity index (χ1v) is 11.8. The van der Waals surface area contributed by atoms with Crippen molar-refractivity contribution in [2.24, 2.45) is 0 Å². The largest absolute Gasteiger partial charge is 0.453 e. The van der Waals surface area contributed by atoms with Crippen molar-refractivity contribution in [3.63, 3.8) is 0 Å². The first-order chi connectivity index (χ1) is 16.9. The number of aromatic amines is 1. The van der Waals surface area contributed by atoms with E-state index in [-0.39, 0.29) is 6.54 Å². The van der Waals surface area contributed by atoms with E-state index in [9.17, 15) is 9.59 Å². The van der Waals surface area contributed by atoms with Crippen molar-refractivity contribution in [1.82, 2.24) is 20.2 Å². The summed E-state index contributed by atoms with van der Waals surface area (Å²) in [5.74, 6) is 1.00. The molecule has 0 radical (unpaired) electrons. The molecule has 190 valence electrons. The van der Waals surface area contributed by atoms with Gasteiger partial charge in [-0.2, -0.15) is 0 Å². The molecule has 0 spiro atoms. The fourth-order valence-corrected chi connectivity index (χ4v) is 3.02. The Labute approximate surface area is 208 Å². The third-order valence-electron chi connectivity index (χ3n) is 4.61. The molecule has 0 saturated heterocycles. The molecule has 4 N–H and O–H groups in total. The summed E-state index contributed by atoms with van der Waals surface area (Å²) in [6, 6.07) is 16.4. The maximum atomic E-state index is 10.1. The first-order valence-electron chi connectivity index (χ1n) is 11.8. The van der Waals surface area contributed by atoms with Crippen LogP contribution in [0.25, 0.3) is 22.4 Å². The van der Waals surface area contributed by atoms with Crippen LogP contribution in [0.5, 0.6) is 0 Å². The summed E-state index contributed by atoms with van der Waals surface area (Å²) in [5, 5.41) is 2.15. The predicted octanol–water partition coefficient (Wildman–Crippen LogP) is 5.13. The SMILES string of the molecule is CCC.CCCN(C)Cc1ncc(-c2ccc(-c3ccc(N)cc3)cc2)[nH]1.COC(=O)NCC=O. The van der Waals surface area contributed by atoms with Crippen LogP contribution in [0.15, 0.2) is 54.7 Å². The molecule has 8 heteroatoms. The lowest BCUT2D eigenvalue weighted by Crippen LogP contribution is -2.24. The van der Waals surface area contributed by atoms with E-state index in [0.29, 0.717) is 6.29 Å². The Morgan fingerprint density at radius 3 is 2.11 bits per heavy atom. The topological polar surface area (TPSA) is 113 Å². The van der Waals surface area contributed by atoms with E-state index in [0.717, 1.165) is 42.3 Å². The van der Waals surface area contributed by atoms with Gasteiger partial charge in [0.15, 0.2) is 0 Å². The lowest BCUT2D eigenvalue weighted by molar-refractivity contribution is -0.107. The highest BCUT2D eigenvalue weighted by Gasteiger charge is 2.06. The second-order valence-corrected chi connectivity index (χ2v) is 7.93. The lowest BCUT2D eigenvalue weighted by Gasteiger charge is -2.13. The number of hydrogen-bond donors (Lipinski definition) is 3. The number of aromatic nitrogens is 2. The van der Waals surface area contributed by atoms with Crippen molar-refractivity contribution in [3.8, 4) is 22.4 Å². The second-order valence-electron chi connectivity index (χ2n) is 7.93. The van der Waals surface area contributed by atoms with Crippen LogP contribution in [0, 0.1) is 0 Å². The van der Waals surface area contributed by atoms with E-state index < -0.39 is 6.09 Å². The van der Waals surface area contributed by atoms with Gasteiger partial charge in [-0.05, 0) is 48.8 Å². The maximum Gasteiger partial charge on any atom is 0.407 e. The van der Waals surface area contributed by atoms with Crippen molar-refractivity contribution in [3.05, 3.63) is 60.6 Å². The number of carbonyl (C=O) groups is 2. The van der Waals surface area contributed by atoms with Gasteiger partial charge in [0.2, 0.25) is 0 Å². The molecule has 1 aromatic heterocycles. The number of hydrogen-bond acceptors (Lipinski definition) is 6. The number of nitrogens with one attached hydrogen (secondary N) is 2. The minimum Gasteiger partial charge on any atom is -0.453 e. The molecule has 3 rings (SSSR count). The summed E-state index contributed by atoms with van der Waals surface area (Å²) in [6.07, 6.45) is 4.30. The highest BCUT2D eigenvalue weighted by atomic mass is 16.5. The van der Waals surface area contributed by atoms with Crippen LogP contribution in [0.3, 0.4) is 0 Å². The normalized spacial score (nSPS) is 9.89. The van der Waals surface area contributed by atoms with Gasteiger partial charge in [0.25, 0.3) is 0 Å². The average Bonchev–Trinajstić information content (AvgIpc) is 3.32. The van der Waals surface area contributed by atoms with E-state index >= 15 is 0 Å². The van der Waals surface area contributed by atoms with Crippen LogP contribution in [0.4, 0.5) is 10.5 Å². The van der Waals surface area contributed by atoms with Gasteiger partial charge >= 0.3 is 6.09 Å². The fourth-order valence-electron chi connectivity index (χ4n) is 3.02. The third kappa shape index (κ3) is 11.4. The number of nitrogen functional groups attached to an aromatic ring is 1. The Balaban J connectivity index is 0.000000470. The molecule has 8 nitrogen and oxygen atoms in total. The zero-order chi connectivity index (χ0) is 26.1. The van der Waals surface area contributed by atoms with E-state index in [2.05, 4.69) is 77.0 Å². The van der Waals surface area contributed by atoms with Gasteiger partial charge in [-0.1, -0.05) is 63.6 Å². The molecule has 3 aromatic rings. The third-order valence-corrected chi connectivity index (χ3v) is 4.61. The van der Waals surface area contributed by atoms with Crippen molar-refractivity contribution in [2.75, 3.05) is 33.0 Å². The number of rotatable bonds is 8. The Bertz CT molecular complexity index is 985. The summed E-state index contributed by atoms with van der Waals surface area (Å²) in [7, 11) is 3.35. The molecule has 1 heterocycles. The maximum absolute atomic E-state index is 10.1. The molecule has 0 fully saturated rings. The number of nitrogens with two attached hydrogens (primary N) is 1. The minimum atomic E-state index is -0.586. The Morgan fingerprint density at radius 1 is 1.06 bits per heavy atom. The molecule has 0 aliphatic rings. The van der Waals surface area contributed by atoms with Gasteiger partial charge in [0, 0.05) is 5.69 Å². The lowest BCUT2D eigenvalue weighted by atomic mass is 10.0. The summed E-state index contributed by atoms with van der Waals surface area (Å²) in [4.78, 5) is 29.8. The Morgan fingerprint density at radius 2 is 1.60 bits per heavy atom. The van der Waals surface area contributed by atoms with Crippen LogP contribution in [-0.2, 0) is 16.1 Å². The predicted molar refractivity (Wildman–Crippen MR) is 143 cm³/mol. The number of anilines is 1. The van der Waals surface area contributed by atoms with Gasteiger partial charge in [0.1, 0.15) is 12.1 Å². The van der Waals surface area contributed by atoms with Crippen LogP contribution < -0.4 is 11.1 Å². The van der Waals surface area contributed by atoms with Gasteiger partial charge in [-0.15, -0.1) is 0 Å². The van der Waals surface area contributed by atoms with Gasteiger partial charge in [0.05, 0.1) is 32.1 Å². The molecule has 0 atom stereocenters. The minimum absolute atomic E-state index is 0.00662. The molecular formula is C27H39N5O3. The molecule has 35 heavy (non-hydrogen) atoms. The zero-order valence-corrected chi connectivity index (χ0v) is 21.5. The number of imidazole rings is 1. The number of benzene rings is 2. The van der Waals surface area contributed by atoms with Gasteiger partial charge < -0.3 is 25.6 Å². The summed E-state index contributed by atoms with van der Waals surface area (Å²) in [6.45, 7) is 8.36. The smallest absolute Gasteiger partial charge is 0.407 e. The number of alkyl carbamates (subject to hydrolysis) is 1. The zero-order valence-electron chi connectivity index (χ0n) is 21.5. The number of methoxy groups -OCH3 is 1. The number of carbonyl (C=O) groups excluding carboxylic acids is 2.